The molecule has 0 aliphatic carbocycles. The van der Waals surface area contributed by atoms with Crippen molar-refractivity contribution in [1.82, 2.24) is 10.3 Å². The Bertz CT molecular complexity index is 1680. The van der Waals surface area contributed by atoms with Gasteiger partial charge in [0.05, 0.1) is 16.7 Å². The van der Waals surface area contributed by atoms with E-state index in [2.05, 4.69) is 5.32 Å². The number of nitrogens with one attached hydrogen (secondary N) is 1. The number of rotatable bonds is 3. The van der Waals surface area contributed by atoms with Crippen molar-refractivity contribution < 1.29 is 13.9 Å². The second-order valence-electron chi connectivity index (χ2n) is 9.29. The highest BCUT2D eigenvalue weighted by Crippen LogP contribution is 2.52. The number of carbonyl (C=O) groups is 1. The first-order valence-electron chi connectivity index (χ1n) is 12.1. The van der Waals surface area contributed by atoms with Gasteiger partial charge in [0.2, 0.25) is 0 Å². The number of furan rings is 1. The van der Waals surface area contributed by atoms with Crippen molar-refractivity contribution in [3.63, 3.8) is 0 Å². The minimum Gasteiger partial charge on any atom is -0.457 e. The standard InChI is InChI=1S/C29H18Cl3N3O3S/c30-18-7-5-16(6-8-18)23-15-24-22-3-1-2-4-26(22)38-29(35(24)34-23)27(39-28(36)33-29)14-21-9-10-25(37-21)17-11-19(31)13-20(32)12-17/h1-14,24H,15H2,(H,33,36). The van der Waals surface area contributed by atoms with Crippen LogP contribution in [-0.2, 0) is 0 Å². The van der Waals surface area contributed by atoms with E-state index >= 15 is 0 Å². The first-order chi connectivity index (χ1) is 18.9. The second kappa shape index (κ2) is 9.38. The largest absolute Gasteiger partial charge is 0.457 e. The maximum Gasteiger partial charge on any atom is 0.314 e. The fourth-order valence-corrected chi connectivity index (χ4v) is 6.63. The van der Waals surface area contributed by atoms with Gasteiger partial charge in [-0.3, -0.25) is 10.1 Å². The average molecular weight is 595 g/mol. The lowest BCUT2D eigenvalue weighted by Gasteiger charge is -2.44. The minimum atomic E-state index is -1.33. The van der Waals surface area contributed by atoms with Crippen molar-refractivity contribution in [2.45, 2.75) is 18.3 Å². The summed E-state index contributed by atoms with van der Waals surface area (Å²) in [6, 6.07) is 24.2. The van der Waals surface area contributed by atoms with Gasteiger partial charge in [0.15, 0.2) is 0 Å². The van der Waals surface area contributed by atoms with Crippen molar-refractivity contribution in [3.8, 4) is 17.1 Å². The maximum atomic E-state index is 12.9. The molecule has 3 aliphatic heterocycles. The number of amides is 1. The van der Waals surface area contributed by atoms with E-state index in [1.54, 1.807) is 24.3 Å². The lowest BCUT2D eigenvalue weighted by Crippen LogP contribution is -2.61. The zero-order valence-electron chi connectivity index (χ0n) is 20.0. The highest BCUT2D eigenvalue weighted by molar-refractivity contribution is 8.17. The zero-order valence-corrected chi connectivity index (χ0v) is 23.1. The van der Waals surface area contributed by atoms with Gasteiger partial charge in [0.1, 0.15) is 17.3 Å². The molecule has 0 saturated carbocycles. The molecule has 1 amide bonds. The quantitative estimate of drug-likeness (QED) is 0.257. The van der Waals surface area contributed by atoms with Crippen LogP contribution >= 0.6 is 46.6 Å². The number of nitrogens with zero attached hydrogens (tertiary/aromatic N) is 2. The number of hydrogen-bond acceptors (Lipinski definition) is 6. The van der Waals surface area contributed by atoms with Crippen LogP contribution in [0.1, 0.15) is 29.3 Å². The van der Waals surface area contributed by atoms with E-state index in [1.165, 1.54) is 0 Å². The lowest BCUT2D eigenvalue weighted by atomic mass is 9.96. The molecule has 7 rings (SSSR count). The Morgan fingerprint density at radius 2 is 1.72 bits per heavy atom. The summed E-state index contributed by atoms with van der Waals surface area (Å²) in [6.45, 7) is 0. The fourth-order valence-electron chi connectivity index (χ4n) is 5.09. The van der Waals surface area contributed by atoms with Gasteiger partial charge in [-0.25, -0.2) is 5.01 Å². The number of halogens is 3. The number of fused-ring (bicyclic) bond motifs is 4. The van der Waals surface area contributed by atoms with Crippen molar-refractivity contribution in [2.24, 2.45) is 5.10 Å². The minimum absolute atomic E-state index is 0.149. The number of thioether (sulfide) groups is 1. The highest BCUT2D eigenvalue weighted by atomic mass is 35.5. The Morgan fingerprint density at radius 1 is 0.949 bits per heavy atom. The summed E-state index contributed by atoms with van der Waals surface area (Å²) in [5.41, 5.74) is 3.58. The van der Waals surface area contributed by atoms with E-state index in [9.17, 15) is 4.79 Å². The number of ether oxygens (including phenoxy) is 1. The summed E-state index contributed by atoms with van der Waals surface area (Å²) in [4.78, 5) is 13.5. The highest BCUT2D eigenvalue weighted by Gasteiger charge is 2.58. The van der Waals surface area contributed by atoms with Crippen LogP contribution in [0.4, 0.5) is 4.79 Å². The number of hydrogen-bond donors (Lipinski definition) is 1. The van der Waals surface area contributed by atoms with Gasteiger partial charge in [-0.15, -0.1) is 0 Å². The van der Waals surface area contributed by atoms with Crippen LogP contribution in [-0.4, -0.2) is 21.8 Å². The molecule has 1 saturated heterocycles. The molecule has 2 unspecified atom stereocenters. The molecule has 4 aromatic rings. The van der Waals surface area contributed by atoms with Crippen molar-refractivity contribution >= 4 is 63.6 Å². The first kappa shape index (κ1) is 24.7. The predicted molar refractivity (Wildman–Crippen MR) is 155 cm³/mol. The molecule has 1 spiro atoms. The Kier molecular flexibility index (Phi) is 5.93. The van der Waals surface area contributed by atoms with E-state index in [1.807, 2.05) is 65.7 Å². The number of para-hydroxylation sites is 1. The van der Waals surface area contributed by atoms with Crippen molar-refractivity contribution in [3.05, 3.63) is 116 Å². The molecule has 3 aromatic carbocycles. The fraction of sp³-hybridized carbons (Fsp3) is 0.103. The van der Waals surface area contributed by atoms with E-state index in [-0.39, 0.29) is 11.3 Å². The third-order valence-electron chi connectivity index (χ3n) is 6.80. The monoisotopic (exact) mass is 593 g/mol. The Hall–Kier alpha value is -3.36. The summed E-state index contributed by atoms with van der Waals surface area (Å²) in [6.07, 6.45) is 2.44. The molecule has 2 atom stereocenters. The molecule has 1 N–H and O–H groups in total. The van der Waals surface area contributed by atoms with E-state index in [0.717, 1.165) is 34.2 Å². The summed E-state index contributed by atoms with van der Waals surface area (Å²) in [7, 11) is 0. The number of benzene rings is 3. The van der Waals surface area contributed by atoms with Crippen LogP contribution < -0.4 is 10.1 Å². The van der Waals surface area contributed by atoms with Gasteiger partial charge in [0, 0.05) is 32.6 Å². The average Bonchev–Trinajstić information content (AvgIpc) is 3.63. The molecule has 1 fully saturated rings. The van der Waals surface area contributed by atoms with Gasteiger partial charge in [0.25, 0.3) is 5.24 Å². The molecule has 1 aromatic heterocycles. The molecule has 0 bridgehead atoms. The third-order valence-corrected chi connectivity index (χ3v) is 8.39. The van der Waals surface area contributed by atoms with Crippen LogP contribution in [0.25, 0.3) is 17.4 Å². The Balaban J connectivity index is 1.32. The van der Waals surface area contributed by atoms with Gasteiger partial charge in [-0.2, -0.15) is 5.10 Å². The van der Waals surface area contributed by atoms with Crippen LogP contribution in [0.2, 0.25) is 15.1 Å². The lowest BCUT2D eigenvalue weighted by molar-refractivity contribution is -0.0949. The van der Waals surface area contributed by atoms with Crippen molar-refractivity contribution in [2.75, 3.05) is 0 Å². The topological polar surface area (TPSA) is 67.1 Å². The van der Waals surface area contributed by atoms with Crippen LogP contribution in [0.3, 0.4) is 0 Å². The van der Waals surface area contributed by atoms with E-state index < -0.39 is 5.85 Å². The Morgan fingerprint density at radius 3 is 2.51 bits per heavy atom. The van der Waals surface area contributed by atoms with Crippen LogP contribution in [0.5, 0.6) is 5.75 Å². The van der Waals surface area contributed by atoms with Gasteiger partial charge >= 0.3 is 5.85 Å². The molecule has 39 heavy (non-hydrogen) atoms. The van der Waals surface area contributed by atoms with E-state index in [0.29, 0.717) is 43.7 Å². The Labute approximate surface area is 243 Å². The molecule has 3 aliphatic rings. The van der Waals surface area contributed by atoms with Gasteiger partial charge in [-0.1, -0.05) is 65.1 Å². The van der Waals surface area contributed by atoms with Gasteiger partial charge < -0.3 is 9.15 Å². The summed E-state index contributed by atoms with van der Waals surface area (Å²) in [5.74, 6) is 0.495. The van der Waals surface area contributed by atoms with Crippen molar-refractivity contribution in [1.29, 1.82) is 0 Å². The number of hydrazone groups is 1. The number of carbonyl (C=O) groups excluding carboxylic acids is 1. The maximum absolute atomic E-state index is 12.9. The van der Waals surface area contributed by atoms with Crippen LogP contribution in [0.15, 0.2) is 93.3 Å². The van der Waals surface area contributed by atoms with Crippen LogP contribution in [0, 0.1) is 0 Å². The van der Waals surface area contributed by atoms with E-state index in [4.69, 9.17) is 49.1 Å². The zero-order chi connectivity index (χ0) is 26.7. The summed E-state index contributed by atoms with van der Waals surface area (Å²) >= 11 is 19.6. The second-order valence-corrected chi connectivity index (χ2v) is 11.6. The molecular formula is C29H18Cl3N3O3S. The molecule has 0 radical (unpaired) electrons. The third kappa shape index (κ3) is 4.30. The SMILES string of the molecule is O=C1NC2(Oc3ccccc3C3CC(c4ccc(Cl)cc4)=NN32)C(=Cc2ccc(-c3cc(Cl)cc(Cl)c3)o2)S1. The summed E-state index contributed by atoms with van der Waals surface area (Å²) in [5, 5.41) is 11.3. The summed E-state index contributed by atoms with van der Waals surface area (Å²) < 4.78 is 12.7. The normalized spacial score (nSPS) is 22.5. The molecule has 10 heteroatoms. The smallest absolute Gasteiger partial charge is 0.314 e. The van der Waals surface area contributed by atoms with Gasteiger partial charge in [-0.05, 0) is 71.9 Å². The molecule has 4 heterocycles. The molecule has 194 valence electrons. The predicted octanol–water partition coefficient (Wildman–Crippen LogP) is 8.60. The molecule has 6 nitrogen and oxygen atoms in total. The first-order valence-corrected chi connectivity index (χ1v) is 14.0. The molecular weight excluding hydrogens is 577 g/mol.